The summed E-state index contributed by atoms with van der Waals surface area (Å²) in [7, 11) is 0. The lowest BCUT2D eigenvalue weighted by Gasteiger charge is -2.48. The van der Waals surface area contributed by atoms with Crippen LogP contribution in [0.3, 0.4) is 0 Å². The zero-order valence-electron chi connectivity index (χ0n) is 57.2. The molecule has 3 aliphatic heterocycles. The second-order valence-corrected chi connectivity index (χ2v) is 26.0. The zero-order valence-corrected chi connectivity index (χ0v) is 57.2. The molecule has 1 amide bonds. The number of nitrogens with one attached hydrogen (secondary N) is 1. The van der Waals surface area contributed by atoms with Crippen LogP contribution in [-0.4, -0.2) is 193 Å². The van der Waals surface area contributed by atoms with Crippen LogP contribution in [-0.2, 0) is 33.2 Å². The van der Waals surface area contributed by atoms with Gasteiger partial charge in [0.1, 0.15) is 73.2 Å². The number of allylic oxidation sites excluding steroid dienone is 11. The predicted octanol–water partition coefficient (Wildman–Crippen LogP) is 10.5. The smallest absolute Gasteiger partial charge is 0.220 e. The van der Waals surface area contributed by atoms with E-state index in [0.29, 0.717) is 12.8 Å². The van der Waals surface area contributed by atoms with Crippen LogP contribution in [0, 0.1) is 0 Å². The third-order valence-electron chi connectivity index (χ3n) is 18.0. The maximum Gasteiger partial charge on any atom is 0.220 e. The van der Waals surface area contributed by atoms with Crippen molar-refractivity contribution in [1.29, 1.82) is 0 Å². The van der Waals surface area contributed by atoms with E-state index >= 15 is 0 Å². The van der Waals surface area contributed by atoms with E-state index in [1.165, 1.54) is 148 Å². The molecule has 3 fully saturated rings. The maximum absolute atomic E-state index is 13.4. The highest BCUT2D eigenvalue weighted by atomic mass is 16.8. The number of hydrogen-bond donors (Lipinski definition) is 12. The first kappa shape index (κ1) is 84.5. The monoisotopic (exact) mass is 1320 g/mol. The lowest BCUT2D eigenvalue weighted by molar-refractivity contribution is -0.379. The van der Waals surface area contributed by atoms with E-state index in [4.69, 9.17) is 28.4 Å². The van der Waals surface area contributed by atoms with Gasteiger partial charge < -0.3 is 89.9 Å². The Morgan fingerprint density at radius 3 is 1.20 bits per heavy atom. The van der Waals surface area contributed by atoms with Crippen LogP contribution in [0.25, 0.3) is 0 Å². The Morgan fingerprint density at radius 1 is 0.398 bits per heavy atom. The minimum absolute atomic E-state index is 0.209. The van der Waals surface area contributed by atoms with Crippen LogP contribution in [0.5, 0.6) is 0 Å². The number of aliphatic hydroxyl groups excluding tert-OH is 11. The summed E-state index contributed by atoms with van der Waals surface area (Å²) in [6.07, 6.45) is 43.4. The van der Waals surface area contributed by atoms with Gasteiger partial charge in [0.15, 0.2) is 18.9 Å². The van der Waals surface area contributed by atoms with Gasteiger partial charge >= 0.3 is 0 Å². The van der Waals surface area contributed by atoms with Crippen LogP contribution in [0.4, 0.5) is 0 Å². The second-order valence-electron chi connectivity index (χ2n) is 26.0. The molecule has 0 aromatic carbocycles. The van der Waals surface area contributed by atoms with E-state index in [0.717, 1.165) is 77.0 Å². The van der Waals surface area contributed by atoms with E-state index in [1.54, 1.807) is 6.08 Å². The number of hydrogen-bond acceptors (Lipinski definition) is 18. The fourth-order valence-electron chi connectivity index (χ4n) is 12.1. The van der Waals surface area contributed by atoms with Gasteiger partial charge in [0.25, 0.3) is 0 Å². The first-order chi connectivity index (χ1) is 45.3. The van der Waals surface area contributed by atoms with Gasteiger partial charge in [-0.1, -0.05) is 247 Å². The summed E-state index contributed by atoms with van der Waals surface area (Å²) in [5, 5.41) is 120. The molecule has 0 spiro atoms. The minimum Gasteiger partial charge on any atom is -0.394 e. The number of ether oxygens (including phenoxy) is 6. The van der Waals surface area contributed by atoms with Crippen molar-refractivity contribution < 1.29 is 89.4 Å². The summed E-state index contributed by atoms with van der Waals surface area (Å²) in [6.45, 7) is 1.58. The summed E-state index contributed by atoms with van der Waals surface area (Å²) in [4.78, 5) is 13.4. The van der Waals surface area contributed by atoms with E-state index in [2.05, 4.69) is 79.9 Å². The van der Waals surface area contributed by atoms with Gasteiger partial charge in [0.05, 0.1) is 38.6 Å². The molecule has 12 N–H and O–H groups in total. The Kier molecular flexibility index (Phi) is 50.1. The molecule has 19 nitrogen and oxygen atoms in total. The van der Waals surface area contributed by atoms with Crippen molar-refractivity contribution in [2.24, 2.45) is 0 Å². The van der Waals surface area contributed by atoms with Crippen molar-refractivity contribution in [1.82, 2.24) is 5.32 Å². The highest BCUT2D eigenvalue weighted by Crippen LogP contribution is 2.33. The molecule has 3 rings (SSSR count). The molecule has 0 aromatic heterocycles. The molecule has 0 bridgehead atoms. The molecular formula is C74H131NO18. The maximum atomic E-state index is 13.4. The van der Waals surface area contributed by atoms with Crippen LogP contribution >= 0.6 is 0 Å². The summed E-state index contributed by atoms with van der Waals surface area (Å²) in [5.74, 6) is -0.308. The number of unbranched alkanes of at least 4 members (excludes halogenated alkanes) is 30. The molecule has 3 saturated heterocycles. The SMILES string of the molecule is CC/C=C\C/C=C\C/C=C\CCCCCCCC(=O)NC(COC1OC(CO)C(OC2OC(CO)C(OC3OC(CO)C(O)C(O)C3O)C(O)C2O)C(O)C1O)C(O)/C=C/CC/C=C/CC/C=C/CCCCCCCCCCCCCCCCCCCCCCCCC. The summed E-state index contributed by atoms with van der Waals surface area (Å²) >= 11 is 0. The Balaban J connectivity index is 1.40. The van der Waals surface area contributed by atoms with Crippen LogP contribution in [0.1, 0.15) is 258 Å². The molecule has 93 heavy (non-hydrogen) atoms. The quantitative estimate of drug-likeness (QED) is 0.0199. The van der Waals surface area contributed by atoms with Crippen LogP contribution < -0.4 is 5.32 Å². The van der Waals surface area contributed by atoms with Crippen LogP contribution in [0.15, 0.2) is 72.9 Å². The van der Waals surface area contributed by atoms with Gasteiger partial charge in [-0.05, 0) is 77.0 Å². The first-order valence-corrected chi connectivity index (χ1v) is 36.7. The van der Waals surface area contributed by atoms with E-state index in [9.17, 15) is 61.0 Å². The molecule has 0 radical (unpaired) electrons. The summed E-state index contributed by atoms with van der Waals surface area (Å²) in [6, 6.07) is -1.01. The second kappa shape index (κ2) is 55.1. The number of aliphatic hydroxyl groups is 11. The average molecular weight is 1320 g/mol. The standard InChI is InChI=1S/C74H131NO18/c1-3-5-7-9-11-13-15-17-19-20-21-22-23-24-25-26-27-28-29-30-31-32-33-34-35-36-38-39-41-43-45-47-49-51-58(79)57(75-62(80)52-50-48-46-44-42-40-37-18-16-14-12-10-8-6-4-2)56-88-72-68(86)65(83)70(60(54-77)90-72)93-74-69(87)66(84)71(61(55-78)91-74)92-73-67(85)64(82)63(81)59(53-76)89-73/h6,8,12,14,18,35-37,41,43,49,51,57-61,63-74,76-79,81-87H,3-5,7,9-11,13,15-17,19-34,38-40,42,44-48,50,52-56H2,1-2H3,(H,75,80)/b8-6-,14-12-,36-35+,37-18-,43-41+,51-49+. The zero-order chi connectivity index (χ0) is 67.5. The first-order valence-electron chi connectivity index (χ1n) is 36.7. The van der Waals surface area contributed by atoms with E-state index in [1.807, 2.05) is 6.08 Å². The number of amides is 1. The van der Waals surface area contributed by atoms with Crippen molar-refractivity contribution in [3.8, 4) is 0 Å². The molecule has 0 aromatic rings. The molecule has 0 saturated carbocycles. The molecule has 19 heteroatoms. The molecule has 17 unspecified atom stereocenters. The lowest BCUT2D eigenvalue weighted by Crippen LogP contribution is -2.66. The highest BCUT2D eigenvalue weighted by Gasteiger charge is 2.53. The fourth-order valence-corrected chi connectivity index (χ4v) is 12.1. The molecule has 540 valence electrons. The third kappa shape index (κ3) is 36.6. The summed E-state index contributed by atoms with van der Waals surface area (Å²) in [5.41, 5.74) is 0. The molecule has 3 heterocycles. The number of carbonyl (C=O) groups excluding carboxylic acids is 1. The van der Waals surface area contributed by atoms with E-state index < -0.39 is 124 Å². The lowest BCUT2D eigenvalue weighted by atomic mass is 9.96. The fraction of sp³-hybridized carbons (Fsp3) is 0.824. The van der Waals surface area contributed by atoms with E-state index in [-0.39, 0.29) is 18.9 Å². The largest absolute Gasteiger partial charge is 0.394 e. The van der Waals surface area contributed by atoms with Crippen molar-refractivity contribution >= 4 is 5.91 Å². The van der Waals surface area contributed by atoms with Crippen molar-refractivity contribution in [2.45, 2.75) is 362 Å². The topological polar surface area (TPSA) is 307 Å². The minimum atomic E-state index is -1.99. The average Bonchev–Trinajstić information content (AvgIpc) is 0.814. The van der Waals surface area contributed by atoms with Crippen LogP contribution in [0.2, 0.25) is 0 Å². The Morgan fingerprint density at radius 2 is 0.753 bits per heavy atom. The van der Waals surface area contributed by atoms with Crippen molar-refractivity contribution in [2.75, 3.05) is 26.4 Å². The van der Waals surface area contributed by atoms with Gasteiger partial charge in [0.2, 0.25) is 5.91 Å². The number of carbonyl (C=O) groups is 1. The highest BCUT2D eigenvalue weighted by molar-refractivity contribution is 5.76. The number of rotatable bonds is 56. The van der Waals surface area contributed by atoms with Gasteiger partial charge in [-0.2, -0.15) is 0 Å². The van der Waals surface area contributed by atoms with Gasteiger partial charge in [0, 0.05) is 6.42 Å². The van der Waals surface area contributed by atoms with Gasteiger partial charge in [-0.15, -0.1) is 0 Å². The molecule has 0 aliphatic carbocycles. The Bertz CT molecular complexity index is 1970. The molecular weight excluding hydrogens is 1190 g/mol. The summed E-state index contributed by atoms with van der Waals surface area (Å²) < 4.78 is 34.3. The Hall–Kier alpha value is -2.77. The molecule has 17 atom stereocenters. The van der Waals surface area contributed by atoms with Crippen molar-refractivity contribution in [3.05, 3.63) is 72.9 Å². The normalized spacial score (nSPS) is 27.9. The van der Waals surface area contributed by atoms with Gasteiger partial charge in [-0.25, -0.2) is 0 Å². The third-order valence-corrected chi connectivity index (χ3v) is 18.0. The molecule has 3 aliphatic rings. The Labute approximate surface area is 559 Å². The van der Waals surface area contributed by atoms with Crippen molar-refractivity contribution in [3.63, 3.8) is 0 Å². The van der Waals surface area contributed by atoms with Gasteiger partial charge in [-0.3, -0.25) is 4.79 Å². The predicted molar refractivity (Wildman–Crippen MR) is 365 cm³/mol.